The van der Waals surface area contributed by atoms with Crippen molar-refractivity contribution in [3.8, 4) is 17.6 Å². The minimum atomic E-state index is -0.499. The van der Waals surface area contributed by atoms with Gasteiger partial charge >= 0.3 is 5.97 Å². The van der Waals surface area contributed by atoms with Crippen molar-refractivity contribution in [1.29, 1.82) is 5.26 Å². The molecule has 3 aromatic rings. The number of thiophene rings is 1. The normalized spacial score (nSPS) is 15.5. The van der Waals surface area contributed by atoms with Crippen LogP contribution in [-0.2, 0) is 4.79 Å². The van der Waals surface area contributed by atoms with Gasteiger partial charge in [0.25, 0.3) is 0 Å². The molecule has 0 bridgehead atoms. The Morgan fingerprint density at radius 3 is 2.72 bits per heavy atom. The van der Waals surface area contributed by atoms with Crippen molar-refractivity contribution in [3.63, 3.8) is 0 Å². The van der Waals surface area contributed by atoms with Gasteiger partial charge in [-0.1, -0.05) is 42.5 Å². The topological polar surface area (TPSA) is 85.3 Å². The number of hydrogen-bond acceptors (Lipinski definition) is 6. The molecule has 2 heterocycles. The zero-order chi connectivity index (χ0) is 20.2. The molecule has 1 aromatic heterocycles. The number of esters is 1. The molecule has 1 aliphatic heterocycles. The minimum absolute atomic E-state index is 0.0610. The van der Waals surface area contributed by atoms with Gasteiger partial charge in [0.15, 0.2) is 0 Å². The van der Waals surface area contributed by atoms with Crippen molar-refractivity contribution in [3.05, 3.63) is 99.6 Å². The molecule has 2 N–H and O–H groups in total. The van der Waals surface area contributed by atoms with Crippen LogP contribution in [0.25, 0.3) is 6.08 Å². The van der Waals surface area contributed by atoms with Gasteiger partial charge in [0.05, 0.1) is 5.92 Å². The SMILES string of the molecule is N#CC1=C(N)Oc2cc(OC(=O)/C=C/c3ccccc3)ccc2C1c1cccs1. The van der Waals surface area contributed by atoms with Gasteiger partial charge in [0, 0.05) is 22.6 Å². The number of hydrogen-bond donors (Lipinski definition) is 1. The monoisotopic (exact) mass is 400 g/mol. The van der Waals surface area contributed by atoms with E-state index in [0.717, 1.165) is 16.0 Å². The number of benzene rings is 2. The van der Waals surface area contributed by atoms with Crippen LogP contribution in [0.3, 0.4) is 0 Å². The van der Waals surface area contributed by atoms with Crippen LogP contribution in [-0.4, -0.2) is 5.97 Å². The highest BCUT2D eigenvalue weighted by Gasteiger charge is 2.31. The zero-order valence-corrected chi connectivity index (χ0v) is 16.1. The summed E-state index contributed by atoms with van der Waals surface area (Å²) < 4.78 is 11.0. The highest BCUT2D eigenvalue weighted by molar-refractivity contribution is 7.10. The smallest absolute Gasteiger partial charge is 0.336 e. The molecular formula is C23H16N2O3S. The summed E-state index contributed by atoms with van der Waals surface area (Å²) in [7, 11) is 0. The van der Waals surface area contributed by atoms with E-state index in [4.69, 9.17) is 15.2 Å². The van der Waals surface area contributed by atoms with Gasteiger partial charge in [-0.05, 0) is 29.2 Å². The molecule has 4 rings (SSSR count). The van der Waals surface area contributed by atoms with Crippen molar-refractivity contribution in [2.45, 2.75) is 5.92 Å². The Bertz CT molecular complexity index is 1140. The van der Waals surface area contributed by atoms with Gasteiger partial charge in [-0.2, -0.15) is 5.26 Å². The van der Waals surface area contributed by atoms with E-state index in [1.165, 1.54) is 6.08 Å². The molecule has 0 saturated carbocycles. The summed E-state index contributed by atoms with van der Waals surface area (Å²) in [6.07, 6.45) is 3.05. The fraction of sp³-hybridized carbons (Fsp3) is 0.0435. The van der Waals surface area contributed by atoms with Crippen LogP contribution in [0.2, 0.25) is 0 Å². The van der Waals surface area contributed by atoms with Gasteiger partial charge in [0.1, 0.15) is 23.1 Å². The predicted molar refractivity (Wildman–Crippen MR) is 111 cm³/mol. The van der Waals surface area contributed by atoms with Gasteiger partial charge in [-0.25, -0.2) is 4.79 Å². The number of allylic oxidation sites excluding steroid dienone is 1. The average molecular weight is 400 g/mol. The molecule has 2 aromatic carbocycles. The van der Waals surface area contributed by atoms with E-state index in [9.17, 15) is 10.1 Å². The molecule has 5 nitrogen and oxygen atoms in total. The van der Waals surface area contributed by atoms with Crippen LogP contribution >= 0.6 is 11.3 Å². The molecule has 6 heteroatoms. The Labute approximate surface area is 171 Å². The van der Waals surface area contributed by atoms with Crippen LogP contribution in [0.15, 0.2) is 83.6 Å². The first kappa shape index (κ1) is 18.5. The fourth-order valence-corrected chi connectivity index (χ4v) is 3.98. The Morgan fingerprint density at radius 2 is 2.00 bits per heavy atom. The summed E-state index contributed by atoms with van der Waals surface area (Å²) in [6.45, 7) is 0. The number of carbonyl (C=O) groups is 1. The number of fused-ring (bicyclic) bond motifs is 1. The summed E-state index contributed by atoms with van der Waals surface area (Å²) in [6, 6.07) is 20.6. The molecule has 0 spiro atoms. The molecule has 0 radical (unpaired) electrons. The van der Waals surface area contributed by atoms with E-state index in [1.54, 1.807) is 35.6 Å². The minimum Gasteiger partial charge on any atom is -0.440 e. The molecule has 1 atom stereocenters. The zero-order valence-electron chi connectivity index (χ0n) is 15.2. The van der Waals surface area contributed by atoms with Crippen molar-refractivity contribution >= 4 is 23.4 Å². The largest absolute Gasteiger partial charge is 0.440 e. The fourth-order valence-electron chi connectivity index (χ4n) is 3.13. The van der Waals surface area contributed by atoms with E-state index < -0.39 is 5.97 Å². The van der Waals surface area contributed by atoms with Crippen LogP contribution in [0.4, 0.5) is 0 Å². The maximum atomic E-state index is 12.1. The van der Waals surface area contributed by atoms with Crippen LogP contribution in [0, 0.1) is 11.3 Å². The molecule has 1 aliphatic rings. The average Bonchev–Trinajstić information content (AvgIpc) is 3.26. The summed E-state index contributed by atoms with van der Waals surface area (Å²) in [5.41, 5.74) is 8.06. The molecule has 0 fully saturated rings. The Morgan fingerprint density at radius 1 is 1.17 bits per heavy atom. The van der Waals surface area contributed by atoms with Gasteiger partial charge in [0.2, 0.25) is 5.88 Å². The second-order valence-electron chi connectivity index (χ2n) is 6.30. The summed E-state index contributed by atoms with van der Waals surface area (Å²) >= 11 is 1.54. The van der Waals surface area contributed by atoms with Gasteiger partial charge in [-0.15, -0.1) is 11.3 Å². The summed E-state index contributed by atoms with van der Waals surface area (Å²) in [5.74, 6) is 0.0693. The third-order valence-electron chi connectivity index (χ3n) is 4.45. The molecule has 0 saturated heterocycles. The highest BCUT2D eigenvalue weighted by Crippen LogP contribution is 2.44. The Balaban J connectivity index is 1.58. The molecular weight excluding hydrogens is 384 g/mol. The number of nitrogens with zero attached hydrogens (tertiary/aromatic N) is 1. The first-order chi connectivity index (χ1) is 14.2. The molecule has 1 unspecified atom stereocenters. The second kappa shape index (κ2) is 8.05. The van der Waals surface area contributed by atoms with E-state index >= 15 is 0 Å². The van der Waals surface area contributed by atoms with Crippen LogP contribution < -0.4 is 15.2 Å². The molecule has 0 amide bonds. The second-order valence-corrected chi connectivity index (χ2v) is 7.28. The molecule has 142 valence electrons. The van der Waals surface area contributed by atoms with Gasteiger partial charge in [-0.3, -0.25) is 0 Å². The predicted octanol–water partition coefficient (Wildman–Crippen LogP) is 4.59. The summed E-state index contributed by atoms with van der Waals surface area (Å²) in [4.78, 5) is 13.1. The first-order valence-electron chi connectivity index (χ1n) is 8.85. The molecule has 29 heavy (non-hydrogen) atoms. The summed E-state index contributed by atoms with van der Waals surface area (Å²) in [5, 5.41) is 11.5. The lowest BCUT2D eigenvalue weighted by atomic mass is 9.88. The maximum Gasteiger partial charge on any atom is 0.336 e. The van der Waals surface area contributed by atoms with E-state index in [2.05, 4.69) is 6.07 Å². The quantitative estimate of drug-likeness (QED) is 0.393. The standard InChI is InChI=1S/C23H16N2O3S/c24-14-18-22(20-7-4-12-29-20)17-10-9-16(13-19(17)28-23(18)25)27-21(26)11-8-15-5-2-1-3-6-15/h1-13,22H,25H2/b11-8+. The lowest BCUT2D eigenvalue weighted by Crippen LogP contribution is -2.20. The number of carbonyl (C=O) groups excluding carboxylic acids is 1. The number of nitrogens with two attached hydrogens (primary N) is 1. The van der Waals surface area contributed by atoms with E-state index in [1.807, 2.05) is 47.8 Å². The van der Waals surface area contributed by atoms with E-state index in [-0.39, 0.29) is 11.8 Å². The van der Waals surface area contributed by atoms with Crippen molar-refractivity contribution < 1.29 is 14.3 Å². The van der Waals surface area contributed by atoms with Crippen LogP contribution in [0.5, 0.6) is 11.5 Å². The third kappa shape index (κ3) is 3.91. The van der Waals surface area contributed by atoms with E-state index in [0.29, 0.717) is 17.1 Å². The Hall–Kier alpha value is -3.82. The lowest BCUT2D eigenvalue weighted by Gasteiger charge is -2.25. The van der Waals surface area contributed by atoms with Crippen LogP contribution in [0.1, 0.15) is 21.9 Å². The van der Waals surface area contributed by atoms with Gasteiger partial charge < -0.3 is 15.2 Å². The lowest BCUT2D eigenvalue weighted by molar-refractivity contribution is -0.128. The van der Waals surface area contributed by atoms with Crippen molar-refractivity contribution in [1.82, 2.24) is 0 Å². The first-order valence-corrected chi connectivity index (χ1v) is 9.73. The number of rotatable bonds is 4. The maximum absolute atomic E-state index is 12.1. The molecule has 0 aliphatic carbocycles. The third-order valence-corrected chi connectivity index (χ3v) is 5.39. The van der Waals surface area contributed by atoms with Crippen molar-refractivity contribution in [2.75, 3.05) is 0 Å². The van der Waals surface area contributed by atoms with Crippen molar-refractivity contribution in [2.24, 2.45) is 5.73 Å². The highest BCUT2D eigenvalue weighted by atomic mass is 32.1. The number of ether oxygens (including phenoxy) is 2. The Kier molecular flexibility index (Phi) is 5.14. The number of nitriles is 1.